The minimum absolute atomic E-state index is 0.0350. The molecule has 0 aromatic heterocycles. The highest BCUT2D eigenvalue weighted by Gasteiger charge is 2.32. The first-order valence-corrected chi connectivity index (χ1v) is 8.19. The molecule has 2 rings (SSSR count). The van der Waals surface area contributed by atoms with Crippen molar-refractivity contribution in [3.63, 3.8) is 0 Å². The van der Waals surface area contributed by atoms with Crippen LogP contribution in [0, 0.1) is 23.7 Å². The van der Waals surface area contributed by atoms with Gasteiger partial charge in [-0.05, 0) is 37.1 Å². The monoisotopic (exact) mass is 317 g/mol. The quantitative estimate of drug-likeness (QED) is 0.618. The van der Waals surface area contributed by atoms with Gasteiger partial charge in [-0.3, -0.25) is 4.79 Å². The molecule has 0 aliphatic heterocycles. The molecule has 7 heteroatoms. The van der Waals surface area contributed by atoms with Crippen LogP contribution in [0.25, 0.3) is 0 Å². The maximum atomic E-state index is 12.3. The molecule has 0 unspecified atom stereocenters. The molecule has 1 N–H and O–H groups in total. The van der Waals surface area contributed by atoms with Gasteiger partial charge in [-0.1, -0.05) is 5.92 Å². The van der Waals surface area contributed by atoms with Crippen LogP contribution in [-0.4, -0.2) is 38.4 Å². The normalized spacial score (nSPS) is 13.9. The van der Waals surface area contributed by atoms with Gasteiger partial charge in [0.05, 0.1) is 17.5 Å². The van der Waals surface area contributed by atoms with Crippen LogP contribution in [-0.2, 0) is 10.0 Å². The minimum atomic E-state index is -3.67. The Labute approximate surface area is 129 Å². The molecule has 0 radical (unpaired) electrons. The second kappa shape index (κ2) is 6.61. The van der Waals surface area contributed by atoms with E-state index in [1.54, 1.807) is 0 Å². The second-order valence-electron chi connectivity index (χ2n) is 4.88. The fourth-order valence-electron chi connectivity index (χ4n) is 1.99. The average molecular weight is 317 g/mol. The van der Waals surface area contributed by atoms with E-state index in [4.69, 9.17) is 11.7 Å². The fraction of sp³-hybridized carbons (Fsp3) is 0.333. The standard InChI is InChI=1S/C15H15N3O3S/c1-2-10-17-22(20,21)14-7-3-12(4-8-14)15(19)18(11-9-16)13-5-6-13/h1,3-4,7-8,13,17H,5-6,10-11H2. The summed E-state index contributed by atoms with van der Waals surface area (Å²) in [5.74, 6) is 1.93. The van der Waals surface area contributed by atoms with E-state index in [9.17, 15) is 13.2 Å². The van der Waals surface area contributed by atoms with Gasteiger partial charge in [0.25, 0.3) is 5.91 Å². The highest BCUT2D eigenvalue weighted by Crippen LogP contribution is 2.28. The largest absolute Gasteiger partial charge is 0.322 e. The molecule has 1 fully saturated rings. The molecule has 1 aliphatic carbocycles. The Kier molecular flexibility index (Phi) is 4.81. The lowest BCUT2D eigenvalue weighted by Crippen LogP contribution is -2.33. The SMILES string of the molecule is C#CCNS(=O)(=O)c1ccc(C(=O)N(CC#N)C2CC2)cc1. The predicted octanol–water partition coefficient (Wildman–Crippen LogP) is 0.726. The lowest BCUT2D eigenvalue weighted by Gasteiger charge is -2.19. The van der Waals surface area contributed by atoms with Crippen LogP contribution in [0.1, 0.15) is 23.2 Å². The maximum absolute atomic E-state index is 12.3. The van der Waals surface area contributed by atoms with E-state index >= 15 is 0 Å². The Morgan fingerprint density at radius 2 is 2.00 bits per heavy atom. The molecule has 0 atom stereocenters. The number of nitrogens with zero attached hydrogens (tertiary/aromatic N) is 2. The highest BCUT2D eigenvalue weighted by atomic mass is 32.2. The van der Waals surface area contributed by atoms with Crippen LogP contribution in [0.15, 0.2) is 29.2 Å². The summed E-state index contributed by atoms with van der Waals surface area (Å²) in [6.07, 6.45) is 6.82. The zero-order chi connectivity index (χ0) is 16.2. The first kappa shape index (κ1) is 16.0. The maximum Gasteiger partial charge on any atom is 0.254 e. The van der Waals surface area contributed by atoms with Crippen LogP contribution in [0.2, 0.25) is 0 Å². The number of amides is 1. The van der Waals surface area contributed by atoms with Crippen molar-refractivity contribution in [2.24, 2.45) is 0 Å². The molecule has 1 saturated carbocycles. The molecule has 0 heterocycles. The number of benzene rings is 1. The summed E-state index contributed by atoms with van der Waals surface area (Å²) in [6, 6.07) is 7.69. The van der Waals surface area contributed by atoms with Crippen molar-refractivity contribution in [2.75, 3.05) is 13.1 Å². The van der Waals surface area contributed by atoms with Gasteiger partial charge in [-0.25, -0.2) is 8.42 Å². The van der Waals surface area contributed by atoms with Crippen LogP contribution in [0.3, 0.4) is 0 Å². The Hall–Kier alpha value is -2.35. The zero-order valence-corrected chi connectivity index (χ0v) is 12.6. The number of nitriles is 1. The lowest BCUT2D eigenvalue weighted by molar-refractivity contribution is 0.0765. The molecule has 1 aromatic carbocycles. The molecule has 0 spiro atoms. The first-order valence-electron chi connectivity index (χ1n) is 6.70. The first-order chi connectivity index (χ1) is 10.5. The number of carbonyl (C=O) groups excluding carboxylic acids is 1. The summed E-state index contributed by atoms with van der Waals surface area (Å²) >= 11 is 0. The Balaban J connectivity index is 2.16. The van der Waals surface area contributed by atoms with Crippen molar-refractivity contribution in [3.8, 4) is 18.4 Å². The molecule has 0 saturated heterocycles. The molecule has 1 aliphatic rings. The Morgan fingerprint density at radius 1 is 1.36 bits per heavy atom. The lowest BCUT2D eigenvalue weighted by atomic mass is 10.2. The van der Waals surface area contributed by atoms with Gasteiger partial charge < -0.3 is 4.90 Å². The number of rotatable bonds is 6. The molecule has 114 valence electrons. The van der Waals surface area contributed by atoms with Crippen LogP contribution in [0.4, 0.5) is 0 Å². The van der Waals surface area contributed by atoms with Crippen molar-refractivity contribution in [1.82, 2.24) is 9.62 Å². The van der Waals surface area contributed by atoms with Crippen molar-refractivity contribution in [3.05, 3.63) is 29.8 Å². The second-order valence-corrected chi connectivity index (χ2v) is 6.64. The topological polar surface area (TPSA) is 90.3 Å². The van der Waals surface area contributed by atoms with E-state index in [0.717, 1.165) is 12.8 Å². The van der Waals surface area contributed by atoms with Crippen LogP contribution < -0.4 is 4.72 Å². The molecule has 0 bridgehead atoms. The van der Waals surface area contributed by atoms with E-state index in [-0.39, 0.29) is 29.9 Å². The summed E-state index contributed by atoms with van der Waals surface area (Å²) in [4.78, 5) is 13.9. The van der Waals surface area contributed by atoms with Gasteiger partial charge in [-0.15, -0.1) is 6.42 Å². The summed E-state index contributed by atoms with van der Waals surface area (Å²) < 4.78 is 26.0. The molecular weight excluding hydrogens is 302 g/mol. The van der Waals surface area contributed by atoms with E-state index in [1.807, 2.05) is 6.07 Å². The number of sulfonamides is 1. The van der Waals surface area contributed by atoms with E-state index in [1.165, 1.54) is 29.2 Å². The average Bonchev–Trinajstić information content (AvgIpc) is 3.35. The third kappa shape index (κ3) is 3.64. The number of terminal acetylenes is 1. The summed E-state index contributed by atoms with van der Waals surface area (Å²) in [5.41, 5.74) is 0.359. The van der Waals surface area contributed by atoms with E-state index < -0.39 is 10.0 Å². The van der Waals surface area contributed by atoms with Crippen molar-refractivity contribution in [1.29, 1.82) is 5.26 Å². The van der Waals surface area contributed by atoms with Gasteiger partial charge in [0.15, 0.2) is 0 Å². The van der Waals surface area contributed by atoms with Gasteiger partial charge in [0.1, 0.15) is 6.54 Å². The number of carbonyl (C=O) groups is 1. The third-order valence-corrected chi connectivity index (χ3v) is 4.68. The van der Waals surface area contributed by atoms with Crippen molar-refractivity contribution >= 4 is 15.9 Å². The smallest absolute Gasteiger partial charge is 0.254 e. The number of hydrogen-bond donors (Lipinski definition) is 1. The Bertz CT molecular complexity index is 738. The zero-order valence-electron chi connectivity index (χ0n) is 11.8. The van der Waals surface area contributed by atoms with E-state index in [0.29, 0.717) is 5.56 Å². The van der Waals surface area contributed by atoms with Crippen molar-refractivity contribution in [2.45, 2.75) is 23.8 Å². The summed E-state index contributed by atoms with van der Waals surface area (Å²) in [7, 11) is -3.67. The van der Waals surface area contributed by atoms with Crippen LogP contribution >= 0.6 is 0 Å². The molecule has 6 nitrogen and oxygen atoms in total. The summed E-state index contributed by atoms with van der Waals surface area (Å²) in [6.45, 7) is -0.0616. The molecule has 1 aromatic rings. The number of hydrogen-bond acceptors (Lipinski definition) is 4. The van der Waals surface area contributed by atoms with Gasteiger partial charge in [0.2, 0.25) is 10.0 Å². The number of nitrogens with one attached hydrogen (secondary N) is 1. The fourth-order valence-corrected chi connectivity index (χ4v) is 2.93. The molecular formula is C15H15N3O3S. The minimum Gasteiger partial charge on any atom is -0.322 e. The van der Waals surface area contributed by atoms with Gasteiger partial charge >= 0.3 is 0 Å². The van der Waals surface area contributed by atoms with Gasteiger partial charge in [0, 0.05) is 11.6 Å². The van der Waals surface area contributed by atoms with Crippen LogP contribution in [0.5, 0.6) is 0 Å². The highest BCUT2D eigenvalue weighted by molar-refractivity contribution is 7.89. The Morgan fingerprint density at radius 3 is 2.50 bits per heavy atom. The summed E-state index contributed by atoms with van der Waals surface area (Å²) in [5, 5.41) is 8.79. The van der Waals surface area contributed by atoms with Crippen molar-refractivity contribution < 1.29 is 13.2 Å². The molecule has 22 heavy (non-hydrogen) atoms. The van der Waals surface area contributed by atoms with Gasteiger partial charge in [-0.2, -0.15) is 9.98 Å². The molecule has 1 amide bonds. The third-order valence-electron chi connectivity index (χ3n) is 3.27. The predicted molar refractivity (Wildman–Crippen MR) is 80.1 cm³/mol. The van der Waals surface area contributed by atoms with E-state index in [2.05, 4.69) is 10.6 Å².